The Hall–Kier alpha value is -1.93. The van der Waals surface area contributed by atoms with Gasteiger partial charge in [-0.3, -0.25) is 19.8 Å². The molecule has 2 rings (SSSR count). The van der Waals surface area contributed by atoms with Gasteiger partial charge in [0.2, 0.25) is 5.43 Å². The molecular weight excluding hydrogens is 292 g/mol. The zero-order valence-electron chi connectivity index (χ0n) is 12.8. The number of nitrogens with one attached hydrogen (secondary N) is 1. The van der Waals surface area contributed by atoms with E-state index in [1.807, 2.05) is 0 Å². The van der Waals surface area contributed by atoms with Gasteiger partial charge in [0.25, 0.3) is 5.43 Å². The van der Waals surface area contributed by atoms with Gasteiger partial charge in [-0.25, -0.2) is 4.79 Å². The molecule has 2 unspecified atom stereocenters. The average molecular weight is 312 g/mol. The molecule has 1 amide bonds. The molecule has 0 radical (unpaired) electrons. The second-order valence-corrected chi connectivity index (χ2v) is 6.15. The summed E-state index contributed by atoms with van der Waals surface area (Å²) in [5.41, 5.74) is -1.96. The molecule has 1 aromatic rings. The van der Waals surface area contributed by atoms with Crippen LogP contribution in [0.3, 0.4) is 0 Å². The van der Waals surface area contributed by atoms with Gasteiger partial charge in [0.1, 0.15) is 24.5 Å². The quantitative estimate of drug-likeness (QED) is 0.703. The van der Waals surface area contributed by atoms with Crippen molar-refractivity contribution in [2.75, 3.05) is 19.7 Å². The Balaban J connectivity index is 2.03. The van der Waals surface area contributed by atoms with Crippen molar-refractivity contribution in [1.82, 2.24) is 10.2 Å². The number of amides is 1. The van der Waals surface area contributed by atoms with Crippen LogP contribution in [0, 0.1) is 0 Å². The minimum absolute atomic E-state index is 0.0492. The number of carbonyl (C=O) groups excluding carboxylic acids is 1. The van der Waals surface area contributed by atoms with Crippen LogP contribution in [0.25, 0.3) is 0 Å². The van der Waals surface area contributed by atoms with Crippen molar-refractivity contribution in [2.24, 2.45) is 0 Å². The van der Waals surface area contributed by atoms with Gasteiger partial charge in [-0.2, -0.15) is 0 Å². The molecule has 1 fully saturated rings. The summed E-state index contributed by atoms with van der Waals surface area (Å²) in [6.45, 7) is 5.89. The van der Waals surface area contributed by atoms with Crippen molar-refractivity contribution in [2.45, 2.75) is 38.6 Å². The monoisotopic (exact) mass is 312 g/mol. The molecule has 0 spiro atoms. The standard InChI is InChI=1S/C14H20N2O6/c1-14(2,3)22-13(20)16-5-4-15-12(19)8(16)7-21-10-6-9(17)11(10)18/h6,8,12,15,19H,4-5,7H2,1-3H3. The zero-order valence-corrected chi connectivity index (χ0v) is 12.8. The zero-order chi connectivity index (χ0) is 16.5. The number of aliphatic hydroxyl groups is 1. The highest BCUT2D eigenvalue weighted by atomic mass is 16.6. The Kier molecular flexibility index (Phi) is 4.52. The van der Waals surface area contributed by atoms with Crippen LogP contribution in [-0.2, 0) is 4.74 Å². The van der Waals surface area contributed by atoms with Crippen LogP contribution in [0.2, 0.25) is 0 Å². The maximum atomic E-state index is 12.2. The van der Waals surface area contributed by atoms with Gasteiger partial charge in [-0.15, -0.1) is 0 Å². The number of hydrogen-bond donors (Lipinski definition) is 2. The SMILES string of the molecule is CC(C)(C)OC(=O)N1CCNC(O)C1COc1cc(=O)c1=O. The van der Waals surface area contributed by atoms with E-state index in [0.29, 0.717) is 13.1 Å². The molecule has 0 aliphatic carbocycles. The third kappa shape index (κ3) is 3.63. The fourth-order valence-electron chi connectivity index (χ4n) is 2.11. The lowest BCUT2D eigenvalue weighted by Gasteiger charge is -2.39. The highest BCUT2D eigenvalue weighted by Crippen LogP contribution is 2.16. The first kappa shape index (κ1) is 16.4. The van der Waals surface area contributed by atoms with Gasteiger partial charge >= 0.3 is 6.09 Å². The van der Waals surface area contributed by atoms with E-state index in [0.717, 1.165) is 6.07 Å². The number of ether oxygens (including phenoxy) is 2. The van der Waals surface area contributed by atoms with Crippen LogP contribution >= 0.6 is 0 Å². The second kappa shape index (κ2) is 6.05. The van der Waals surface area contributed by atoms with Crippen molar-refractivity contribution in [3.8, 4) is 5.75 Å². The van der Waals surface area contributed by atoms with Crippen molar-refractivity contribution in [1.29, 1.82) is 0 Å². The smallest absolute Gasteiger partial charge is 0.410 e. The molecule has 0 bridgehead atoms. The van der Waals surface area contributed by atoms with E-state index in [2.05, 4.69) is 5.32 Å². The Morgan fingerprint density at radius 2 is 2.14 bits per heavy atom. The van der Waals surface area contributed by atoms with Crippen LogP contribution in [0.5, 0.6) is 5.75 Å². The lowest BCUT2D eigenvalue weighted by atomic mass is 10.1. The number of piperazine rings is 1. The maximum Gasteiger partial charge on any atom is 0.410 e. The van der Waals surface area contributed by atoms with Gasteiger partial charge < -0.3 is 14.6 Å². The topological polar surface area (TPSA) is 105 Å². The summed E-state index contributed by atoms with van der Waals surface area (Å²) in [6, 6.07) is 0.371. The van der Waals surface area contributed by atoms with Crippen LogP contribution in [0.15, 0.2) is 15.7 Å². The van der Waals surface area contributed by atoms with E-state index >= 15 is 0 Å². The van der Waals surface area contributed by atoms with Gasteiger partial charge in [-0.1, -0.05) is 0 Å². The predicted octanol–water partition coefficient (Wildman–Crippen LogP) is -0.811. The third-order valence-electron chi connectivity index (χ3n) is 3.22. The van der Waals surface area contributed by atoms with Crippen LogP contribution in [0.1, 0.15) is 20.8 Å². The molecule has 8 nitrogen and oxygen atoms in total. The molecule has 1 aromatic carbocycles. The molecule has 1 aliphatic heterocycles. The lowest BCUT2D eigenvalue weighted by Crippen LogP contribution is -2.62. The highest BCUT2D eigenvalue weighted by Gasteiger charge is 2.36. The largest absolute Gasteiger partial charge is 0.487 e. The van der Waals surface area contributed by atoms with Gasteiger partial charge in [-0.05, 0) is 20.8 Å². The number of rotatable bonds is 3. The van der Waals surface area contributed by atoms with Crippen molar-refractivity contribution in [3.63, 3.8) is 0 Å². The molecule has 1 heterocycles. The maximum absolute atomic E-state index is 12.2. The molecule has 0 aromatic heterocycles. The molecule has 22 heavy (non-hydrogen) atoms. The molecule has 8 heteroatoms. The van der Waals surface area contributed by atoms with Gasteiger partial charge in [0.05, 0.1) is 0 Å². The second-order valence-electron chi connectivity index (χ2n) is 6.15. The Morgan fingerprint density at radius 3 is 2.68 bits per heavy atom. The van der Waals surface area contributed by atoms with E-state index in [1.54, 1.807) is 20.8 Å². The fourth-order valence-corrected chi connectivity index (χ4v) is 2.11. The molecule has 2 atom stereocenters. The summed E-state index contributed by atoms with van der Waals surface area (Å²) in [6.07, 6.45) is -1.57. The summed E-state index contributed by atoms with van der Waals surface area (Å²) in [5.74, 6) is -0.0492. The summed E-state index contributed by atoms with van der Waals surface area (Å²) in [5, 5.41) is 12.8. The molecule has 2 N–H and O–H groups in total. The minimum Gasteiger partial charge on any atom is -0.487 e. The highest BCUT2D eigenvalue weighted by molar-refractivity contribution is 5.68. The molecule has 122 valence electrons. The van der Waals surface area contributed by atoms with Crippen molar-refractivity contribution < 1.29 is 19.4 Å². The summed E-state index contributed by atoms with van der Waals surface area (Å²) < 4.78 is 10.5. The predicted molar refractivity (Wildman–Crippen MR) is 77.6 cm³/mol. The van der Waals surface area contributed by atoms with Gasteiger partial charge in [0.15, 0.2) is 5.75 Å². The number of carbonyl (C=O) groups is 1. The van der Waals surface area contributed by atoms with E-state index in [1.165, 1.54) is 4.90 Å². The first-order chi connectivity index (χ1) is 10.2. The Labute approximate surface area is 127 Å². The lowest BCUT2D eigenvalue weighted by molar-refractivity contribution is -0.0413. The van der Waals surface area contributed by atoms with Crippen molar-refractivity contribution in [3.05, 3.63) is 26.5 Å². The molecular formula is C14H20N2O6. The van der Waals surface area contributed by atoms with E-state index in [9.17, 15) is 19.5 Å². The fraction of sp³-hybridized carbons (Fsp3) is 0.643. The minimum atomic E-state index is -1.01. The van der Waals surface area contributed by atoms with Gasteiger partial charge in [0, 0.05) is 19.2 Å². The first-order valence-corrected chi connectivity index (χ1v) is 7.03. The normalized spacial score (nSPS) is 22.6. The number of hydrogen-bond acceptors (Lipinski definition) is 7. The third-order valence-corrected chi connectivity index (χ3v) is 3.22. The first-order valence-electron chi connectivity index (χ1n) is 7.03. The average Bonchev–Trinajstić information content (AvgIpc) is 2.42. The Morgan fingerprint density at radius 1 is 1.45 bits per heavy atom. The number of nitrogens with zero attached hydrogens (tertiary/aromatic N) is 1. The summed E-state index contributed by atoms with van der Waals surface area (Å²) in [7, 11) is 0. The van der Waals surface area contributed by atoms with E-state index in [-0.39, 0.29) is 12.4 Å². The Bertz CT molecular complexity index is 613. The van der Waals surface area contributed by atoms with Crippen LogP contribution in [-0.4, -0.2) is 53.7 Å². The number of aliphatic hydroxyl groups excluding tert-OH is 1. The summed E-state index contributed by atoms with van der Waals surface area (Å²) >= 11 is 0. The molecule has 1 saturated heterocycles. The van der Waals surface area contributed by atoms with Crippen LogP contribution in [0.4, 0.5) is 4.79 Å². The summed E-state index contributed by atoms with van der Waals surface area (Å²) in [4.78, 5) is 35.6. The van der Waals surface area contributed by atoms with Crippen molar-refractivity contribution >= 4 is 6.09 Å². The van der Waals surface area contributed by atoms with E-state index in [4.69, 9.17) is 9.47 Å². The van der Waals surface area contributed by atoms with Crippen LogP contribution < -0.4 is 20.9 Å². The van der Waals surface area contributed by atoms with E-state index < -0.39 is 34.8 Å². The molecule has 1 aliphatic rings. The molecule has 0 saturated carbocycles.